The van der Waals surface area contributed by atoms with Crippen molar-refractivity contribution >= 4 is 18.3 Å². The Bertz CT molecular complexity index is 264. The lowest BCUT2D eigenvalue weighted by Gasteiger charge is -2.26. The van der Waals surface area contributed by atoms with Crippen LogP contribution in [0.3, 0.4) is 0 Å². The van der Waals surface area contributed by atoms with E-state index in [4.69, 9.17) is 10.5 Å². The van der Waals surface area contributed by atoms with Gasteiger partial charge in [0.2, 0.25) is 5.91 Å². The van der Waals surface area contributed by atoms with Crippen LogP contribution in [0, 0.1) is 11.8 Å². The highest BCUT2D eigenvalue weighted by Gasteiger charge is 2.26. The normalized spacial score (nSPS) is 22.8. The Morgan fingerprint density at radius 2 is 1.84 bits per heavy atom. The van der Waals surface area contributed by atoms with E-state index in [1.54, 1.807) is 0 Å². The fraction of sp³-hybridized carbons (Fsp3) is 0.929. The van der Waals surface area contributed by atoms with Gasteiger partial charge in [-0.25, -0.2) is 0 Å². The van der Waals surface area contributed by atoms with Crippen LogP contribution < -0.4 is 11.1 Å². The van der Waals surface area contributed by atoms with Crippen molar-refractivity contribution in [2.24, 2.45) is 17.6 Å². The van der Waals surface area contributed by atoms with Crippen LogP contribution in [-0.4, -0.2) is 31.7 Å². The minimum Gasteiger partial charge on any atom is -0.381 e. The molecular weight excluding hydrogens is 264 g/mol. The third-order valence-corrected chi connectivity index (χ3v) is 4.40. The van der Waals surface area contributed by atoms with Gasteiger partial charge in [0.15, 0.2) is 0 Å². The predicted molar refractivity (Wildman–Crippen MR) is 78.4 cm³/mol. The summed E-state index contributed by atoms with van der Waals surface area (Å²) in [7, 11) is 0. The topological polar surface area (TPSA) is 64.4 Å². The second-order valence-electron chi connectivity index (χ2n) is 5.71. The molecule has 0 aromatic carbocycles. The van der Waals surface area contributed by atoms with E-state index in [9.17, 15) is 4.79 Å². The van der Waals surface area contributed by atoms with Gasteiger partial charge in [0.1, 0.15) is 0 Å². The number of hydrogen-bond acceptors (Lipinski definition) is 3. The molecule has 4 nitrogen and oxygen atoms in total. The van der Waals surface area contributed by atoms with Gasteiger partial charge in [-0.05, 0) is 31.1 Å². The van der Waals surface area contributed by atoms with Crippen molar-refractivity contribution in [1.29, 1.82) is 0 Å². The first kappa shape index (κ1) is 16.7. The lowest BCUT2D eigenvalue weighted by Crippen LogP contribution is -2.47. The zero-order valence-electron chi connectivity index (χ0n) is 11.6. The van der Waals surface area contributed by atoms with Crippen LogP contribution in [0.1, 0.15) is 44.9 Å². The number of carbonyl (C=O) groups excluding carboxylic acids is 1. The molecule has 0 radical (unpaired) electrons. The Kier molecular flexibility index (Phi) is 7.73. The summed E-state index contributed by atoms with van der Waals surface area (Å²) < 4.78 is 5.29. The van der Waals surface area contributed by atoms with Crippen LogP contribution in [0.5, 0.6) is 0 Å². The number of hydrogen-bond donors (Lipinski definition) is 2. The molecule has 112 valence electrons. The second kappa shape index (κ2) is 8.77. The van der Waals surface area contributed by atoms with Gasteiger partial charge in [-0.1, -0.05) is 25.7 Å². The highest BCUT2D eigenvalue weighted by Crippen LogP contribution is 2.26. The molecule has 1 heterocycles. The average molecular weight is 291 g/mol. The smallest absolute Gasteiger partial charge is 0.237 e. The molecule has 2 aliphatic rings. The summed E-state index contributed by atoms with van der Waals surface area (Å²) >= 11 is 0. The molecule has 1 aliphatic carbocycles. The van der Waals surface area contributed by atoms with Crippen molar-refractivity contribution in [2.75, 3.05) is 19.8 Å². The van der Waals surface area contributed by atoms with Gasteiger partial charge in [-0.2, -0.15) is 0 Å². The fourth-order valence-corrected chi connectivity index (χ4v) is 3.11. The summed E-state index contributed by atoms with van der Waals surface area (Å²) in [6.45, 7) is 2.28. The third kappa shape index (κ3) is 5.28. The van der Waals surface area contributed by atoms with Gasteiger partial charge in [0.05, 0.1) is 6.04 Å². The number of ether oxygens (including phenoxy) is 1. The maximum Gasteiger partial charge on any atom is 0.237 e. The molecule has 0 spiro atoms. The van der Waals surface area contributed by atoms with Gasteiger partial charge in [-0.15, -0.1) is 12.4 Å². The Morgan fingerprint density at radius 3 is 2.47 bits per heavy atom. The van der Waals surface area contributed by atoms with E-state index in [-0.39, 0.29) is 24.4 Å². The van der Waals surface area contributed by atoms with Crippen LogP contribution in [-0.2, 0) is 9.53 Å². The van der Waals surface area contributed by atoms with Crippen molar-refractivity contribution in [1.82, 2.24) is 5.32 Å². The molecule has 2 rings (SSSR count). The molecule has 1 amide bonds. The standard InChI is InChI=1S/C14H26N2O2.ClH/c15-13(12-6-9-18-10-7-12)14(17)16-8-5-11-3-1-2-4-11;/h11-13H,1-10,15H2,(H,16,17);1H. The van der Waals surface area contributed by atoms with E-state index >= 15 is 0 Å². The molecular formula is C14H27ClN2O2. The Hall–Kier alpha value is -0.320. The van der Waals surface area contributed by atoms with Gasteiger partial charge in [0.25, 0.3) is 0 Å². The van der Waals surface area contributed by atoms with Crippen molar-refractivity contribution in [2.45, 2.75) is 51.0 Å². The van der Waals surface area contributed by atoms with Crippen molar-refractivity contribution in [3.8, 4) is 0 Å². The molecule has 19 heavy (non-hydrogen) atoms. The minimum absolute atomic E-state index is 0. The predicted octanol–water partition coefficient (Wildman–Crippen LogP) is 1.86. The Morgan fingerprint density at radius 1 is 1.21 bits per heavy atom. The van der Waals surface area contributed by atoms with Crippen LogP contribution in [0.4, 0.5) is 0 Å². The lowest BCUT2D eigenvalue weighted by atomic mass is 9.92. The molecule has 3 N–H and O–H groups in total. The molecule has 1 atom stereocenters. The van der Waals surface area contributed by atoms with Crippen molar-refractivity contribution in [3.05, 3.63) is 0 Å². The highest BCUT2D eigenvalue weighted by atomic mass is 35.5. The van der Waals surface area contributed by atoms with Crippen LogP contribution in [0.15, 0.2) is 0 Å². The van der Waals surface area contributed by atoms with Gasteiger partial charge >= 0.3 is 0 Å². The minimum atomic E-state index is -0.350. The molecule has 5 heteroatoms. The molecule has 1 saturated carbocycles. The lowest BCUT2D eigenvalue weighted by molar-refractivity contribution is -0.124. The zero-order chi connectivity index (χ0) is 12.8. The summed E-state index contributed by atoms with van der Waals surface area (Å²) in [5, 5.41) is 3.00. The van der Waals surface area contributed by atoms with Crippen molar-refractivity contribution in [3.63, 3.8) is 0 Å². The van der Waals surface area contributed by atoms with Gasteiger partial charge in [-0.3, -0.25) is 4.79 Å². The molecule has 0 bridgehead atoms. The summed E-state index contributed by atoms with van der Waals surface area (Å²) in [5.41, 5.74) is 6.02. The third-order valence-electron chi connectivity index (χ3n) is 4.40. The Labute approximate surface area is 122 Å². The maximum absolute atomic E-state index is 11.9. The number of amides is 1. The van der Waals surface area contributed by atoms with Gasteiger partial charge in [0, 0.05) is 19.8 Å². The van der Waals surface area contributed by atoms with Crippen LogP contribution in [0.2, 0.25) is 0 Å². The average Bonchev–Trinajstić information content (AvgIpc) is 2.92. The molecule has 0 aromatic rings. The molecule has 0 aromatic heterocycles. The molecule has 1 unspecified atom stereocenters. The number of halogens is 1. The van der Waals surface area contributed by atoms with Crippen molar-refractivity contribution < 1.29 is 9.53 Å². The van der Waals surface area contributed by atoms with E-state index in [2.05, 4.69) is 5.32 Å². The summed E-state index contributed by atoms with van der Waals surface area (Å²) in [4.78, 5) is 11.9. The highest BCUT2D eigenvalue weighted by molar-refractivity contribution is 5.85. The number of carbonyl (C=O) groups is 1. The number of rotatable bonds is 5. The molecule has 1 aliphatic heterocycles. The Balaban J connectivity index is 0.00000180. The zero-order valence-corrected chi connectivity index (χ0v) is 12.4. The summed E-state index contributed by atoms with van der Waals surface area (Å²) in [6.07, 6.45) is 8.34. The summed E-state index contributed by atoms with van der Waals surface area (Å²) in [5.74, 6) is 1.15. The number of nitrogens with two attached hydrogens (primary N) is 1. The molecule has 1 saturated heterocycles. The van der Waals surface area contributed by atoms with Crippen LogP contribution in [0.25, 0.3) is 0 Å². The fourth-order valence-electron chi connectivity index (χ4n) is 3.11. The van der Waals surface area contributed by atoms with E-state index in [1.807, 2.05) is 0 Å². The number of nitrogens with one attached hydrogen (secondary N) is 1. The maximum atomic E-state index is 11.9. The largest absolute Gasteiger partial charge is 0.381 e. The quantitative estimate of drug-likeness (QED) is 0.812. The van der Waals surface area contributed by atoms with Gasteiger partial charge < -0.3 is 15.8 Å². The second-order valence-corrected chi connectivity index (χ2v) is 5.71. The molecule has 2 fully saturated rings. The van der Waals surface area contributed by atoms with E-state index in [0.717, 1.165) is 44.9 Å². The van der Waals surface area contributed by atoms with E-state index < -0.39 is 0 Å². The summed E-state index contributed by atoms with van der Waals surface area (Å²) in [6, 6.07) is -0.350. The first-order valence-corrected chi connectivity index (χ1v) is 7.38. The van der Waals surface area contributed by atoms with Crippen LogP contribution >= 0.6 is 12.4 Å². The first-order valence-electron chi connectivity index (χ1n) is 7.38. The first-order chi connectivity index (χ1) is 8.77. The monoisotopic (exact) mass is 290 g/mol. The van der Waals surface area contributed by atoms with E-state index in [0.29, 0.717) is 5.92 Å². The SMILES string of the molecule is Cl.NC(C(=O)NCCC1CCCC1)C1CCOCC1. The van der Waals surface area contributed by atoms with E-state index in [1.165, 1.54) is 25.7 Å².